The third kappa shape index (κ3) is 4.43. The highest BCUT2D eigenvalue weighted by atomic mass is 16.6. The Hall–Kier alpha value is -2.80. The highest BCUT2D eigenvalue weighted by Gasteiger charge is 2.30. The van der Waals surface area contributed by atoms with Gasteiger partial charge in [-0.3, -0.25) is 9.59 Å². The second-order valence-electron chi connectivity index (χ2n) is 6.20. The van der Waals surface area contributed by atoms with Gasteiger partial charge in [-0.25, -0.2) is 0 Å². The van der Waals surface area contributed by atoms with Gasteiger partial charge in [0.05, 0.1) is 5.92 Å². The number of carbonyl (C=O) groups is 2. The average Bonchev–Trinajstić information content (AvgIpc) is 3.14. The highest BCUT2D eigenvalue weighted by molar-refractivity contribution is 5.92. The number of benzene rings is 1. The number of nitrogens with zero attached hydrogens (tertiary/aromatic N) is 1. The monoisotopic (exact) mass is 357 g/mol. The molecule has 3 N–H and O–H groups in total. The second kappa shape index (κ2) is 8.53. The molecule has 0 saturated carbocycles. The number of carbonyl (C=O) groups excluding carboxylic acids is 2. The van der Waals surface area contributed by atoms with Gasteiger partial charge in [0.15, 0.2) is 5.76 Å². The van der Waals surface area contributed by atoms with E-state index < -0.39 is 0 Å². The first-order chi connectivity index (χ1) is 12.7. The number of rotatable bonds is 6. The van der Waals surface area contributed by atoms with Crippen LogP contribution in [-0.2, 0) is 4.79 Å². The zero-order valence-corrected chi connectivity index (χ0v) is 14.5. The average molecular weight is 357 g/mol. The largest absolute Gasteiger partial charge is 0.426 e. The fourth-order valence-corrected chi connectivity index (χ4v) is 2.97. The number of amides is 2. The zero-order chi connectivity index (χ0) is 18.4. The predicted molar refractivity (Wildman–Crippen MR) is 95.9 cm³/mol. The molecule has 1 aromatic carbocycles. The van der Waals surface area contributed by atoms with Crippen molar-refractivity contribution in [3.63, 3.8) is 0 Å². The van der Waals surface area contributed by atoms with Crippen molar-refractivity contribution in [3.8, 4) is 11.7 Å². The molecule has 26 heavy (non-hydrogen) atoms. The SMILES string of the molecule is NCCNC(=O)C1CCCN(C(=O)c2ccc(Oc3ccccc3)o2)C1. The number of hydrogen-bond acceptors (Lipinski definition) is 5. The van der Waals surface area contributed by atoms with Gasteiger partial charge in [0, 0.05) is 32.2 Å². The molecule has 1 atom stereocenters. The Bertz CT molecular complexity index is 744. The number of furan rings is 1. The summed E-state index contributed by atoms with van der Waals surface area (Å²) in [4.78, 5) is 26.4. The fourth-order valence-electron chi connectivity index (χ4n) is 2.97. The molecule has 3 rings (SSSR count). The van der Waals surface area contributed by atoms with Gasteiger partial charge in [-0.05, 0) is 31.0 Å². The Morgan fingerprint density at radius 1 is 1.23 bits per heavy atom. The van der Waals surface area contributed by atoms with Crippen LogP contribution in [-0.4, -0.2) is 42.9 Å². The van der Waals surface area contributed by atoms with Crippen LogP contribution in [0.25, 0.3) is 0 Å². The minimum absolute atomic E-state index is 0.0551. The van der Waals surface area contributed by atoms with Gasteiger partial charge >= 0.3 is 0 Å². The molecule has 7 nitrogen and oxygen atoms in total. The van der Waals surface area contributed by atoms with Crippen molar-refractivity contribution in [2.24, 2.45) is 11.7 Å². The maximum Gasteiger partial charge on any atom is 0.290 e. The highest BCUT2D eigenvalue weighted by Crippen LogP contribution is 2.25. The van der Waals surface area contributed by atoms with Crippen molar-refractivity contribution in [2.75, 3.05) is 26.2 Å². The summed E-state index contributed by atoms with van der Waals surface area (Å²) in [5, 5.41) is 2.79. The summed E-state index contributed by atoms with van der Waals surface area (Å²) in [5.41, 5.74) is 5.41. The van der Waals surface area contributed by atoms with Crippen LogP contribution in [0.1, 0.15) is 23.4 Å². The number of likely N-dealkylation sites (tertiary alicyclic amines) is 1. The molecule has 1 aliphatic rings. The van der Waals surface area contributed by atoms with Crippen molar-refractivity contribution in [2.45, 2.75) is 12.8 Å². The summed E-state index contributed by atoms with van der Waals surface area (Å²) in [6, 6.07) is 12.4. The van der Waals surface area contributed by atoms with Gasteiger partial charge in [-0.15, -0.1) is 0 Å². The molecule has 1 unspecified atom stereocenters. The maximum absolute atomic E-state index is 12.7. The minimum Gasteiger partial charge on any atom is -0.426 e. The lowest BCUT2D eigenvalue weighted by molar-refractivity contribution is -0.126. The topological polar surface area (TPSA) is 97.8 Å². The van der Waals surface area contributed by atoms with Crippen LogP contribution < -0.4 is 15.8 Å². The van der Waals surface area contributed by atoms with Crippen LogP contribution in [0.15, 0.2) is 46.9 Å². The predicted octanol–water partition coefficient (Wildman–Crippen LogP) is 2.00. The van der Waals surface area contributed by atoms with Crippen LogP contribution in [0.2, 0.25) is 0 Å². The van der Waals surface area contributed by atoms with E-state index >= 15 is 0 Å². The molecule has 2 heterocycles. The van der Waals surface area contributed by atoms with Crippen LogP contribution >= 0.6 is 0 Å². The molecule has 1 aromatic heterocycles. The number of para-hydroxylation sites is 1. The standard InChI is InChI=1S/C19H23N3O4/c20-10-11-21-18(23)14-5-4-12-22(13-14)19(24)16-8-9-17(26-16)25-15-6-2-1-3-7-15/h1-3,6-9,14H,4-5,10-13,20H2,(H,21,23). The molecule has 0 radical (unpaired) electrons. The van der Waals surface area contributed by atoms with E-state index in [9.17, 15) is 9.59 Å². The van der Waals surface area contributed by atoms with Crippen LogP contribution in [0, 0.1) is 5.92 Å². The fraction of sp³-hybridized carbons (Fsp3) is 0.368. The third-order valence-electron chi connectivity index (χ3n) is 4.28. The van der Waals surface area contributed by atoms with Gasteiger partial charge in [-0.1, -0.05) is 18.2 Å². The summed E-state index contributed by atoms with van der Waals surface area (Å²) >= 11 is 0. The molecular weight excluding hydrogens is 334 g/mol. The Kier molecular flexibility index (Phi) is 5.91. The summed E-state index contributed by atoms with van der Waals surface area (Å²) in [6.07, 6.45) is 1.54. The van der Waals surface area contributed by atoms with E-state index in [2.05, 4.69) is 5.32 Å². The first-order valence-electron chi connectivity index (χ1n) is 8.77. The maximum atomic E-state index is 12.7. The molecular formula is C19H23N3O4. The normalized spacial score (nSPS) is 17.0. The summed E-state index contributed by atoms with van der Waals surface area (Å²) in [7, 11) is 0. The smallest absolute Gasteiger partial charge is 0.290 e. The Morgan fingerprint density at radius 2 is 2.04 bits per heavy atom. The van der Waals surface area contributed by atoms with Gasteiger partial charge in [-0.2, -0.15) is 0 Å². The van der Waals surface area contributed by atoms with E-state index in [1.807, 2.05) is 18.2 Å². The molecule has 7 heteroatoms. The van der Waals surface area contributed by atoms with Gasteiger partial charge in [0.2, 0.25) is 5.91 Å². The first-order valence-corrected chi connectivity index (χ1v) is 8.77. The summed E-state index contributed by atoms with van der Waals surface area (Å²) in [5.74, 6) is 0.599. The van der Waals surface area contributed by atoms with Gasteiger partial charge < -0.3 is 25.1 Å². The van der Waals surface area contributed by atoms with Crippen LogP contribution in [0.5, 0.6) is 11.7 Å². The summed E-state index contributed by atoms with van der Waals surface area (Å²) in [6.45, 7) is 1.83. The number of ether oxygens (including phenoxy) is 1. The van der Waals surface area contributed by atoms with E-state index in [0.717, 1.165) is 12.8 Å². The molecule has 1 aliphatic heterocycles. The minimum atomic E-state index is -0.232. The second-order valence-corrected chi connectivity index (χ2v) is 6.20. The lowest BCUT2D eigenvalue weighted by atomic mass is 9.97. The van der Waals surface area contributed by atoms with Gasteiger partial charge in [0.1, 0.15) is 5.75 Å². The molecule has 2 aromatic rings. The lowest BCUT2D eigenvalue weighted by Gasteiger charge is -2.31. The van der Waals surface area contributed by atoms with Crippen molar-refractivity contribution in [1.82, 2.24) is 10.2 Å². The van der Waals surface area contributed by atoms with E-state index in [0.29, 0.717) is 31.9 Å². The number of nitrogens with one attached hydrogen (secondary N) is 1. The van der Waals surface area contributed by atoms with E-state index in [1.165, 1.54) is 0 Å². The number of hydrogen-bond donors (Lipinski definition) is 2. The Labute approximate surface area is 152 Å². The first kappa shape index (κ1) is 18.0. The molecule has 2 amide bonds. The zero-order valence-electron chi connectivity index (χ0n) is 14.5. The van der Waals surface area contributed by atoms with E-state index in [1.54, 1.807) is 29.2 Å². The molecule has 138 valence electrons. The van der Waals surface area contributed by atoms with Crippen LogP contribution in [0.3, 0.4) is 0 Å². The molecule has 0 bridgehead atoms. The van der Waals surface area contributed by atoms with Gasteiger partial charge in [0.25, 0.3) is 11.9 Å². The van der Waals surface area contributed by atoms with Crippen molar-refractivity contribution >= 4 is 11.8 Å². The lowest BCUT2D eigenvalue weighted by Crippen LogP contribution is -2.46. The molecule has 0 aliphatic carbocycles. The van der Waals surface area contributed by atoms with E-state index in [-0.39, 0.29) is 29.4 Å². The van der Waals surface area contributed by atoms with Crippen molar-refractivity contribution < 1.29 is 18.7 Å². The quantitative estimate of drug-likeness (QED) is 0.824. The van der Waals surface area contributed by atoms with Crippen molar-refractivity contribution in [1.29, 1.82) is 0 Å². The Morgan fingerprint density at radius 3 is 2.81 bits per heavy atom. The van der Waals surface area contributed by atoms with Crippen molar-refractivity contribution in [3.05, 3.63) is 48.2 Å². The molecule has 0 spiro atoms. The van der Waals surface area contributed by atoms with E-state index in [4.69, 9.17) is 14.9 Å². The third-order valence-corrected chi connectivity index (χ3v) is 4.28. The number of nitrogens with two attached hydrogens (primary N) is 1. The molecule has 1 saturated heterocycles. The summed E-state index contributed by atoms with van der Waals surface area (Å²) < 4.78 is 11.1. The van der Waals surface area contributed by atoms with Crippen LogP contribution in [0.4, 0.5) is 0 Å². The molecule has 1 fully saturated rings. The Balaban J connectivity index is 1.61. The number of piperidine rings is 1.